The van der Waals surface area contributed by atoms with Crippen LogP contribution in [0.4, 0.5) is 0 Å². The SMILES string of the molecule is COC1=C[C@]23CCCN2CCc2cc4c(cc2[C@]3(C)[C@@H]1OC(=O)[C@@](O)(CCCC(C)(C)O)CC(=O)O)OCO4. The van der Waals surface area contributed by atoms with Gasteiger partial charge in [-0.25, -0.2) is 4.79 Å². The second-order valence-electron chi connectivity index (χ2n) is 12.1. The van der Waals surface area contributed by atoms with Gasteiger partial charge in [-0.2, -0.15) is 0 Å². The summed E-state index contributed by atoms with van der Waals surface area (Å²) in [6, 6.07) is 3.97. The zero-order valence-corrected chi connectivity index (χ0v) is 23.1. The lowest BCUT2D eigenvalue weighted by Gasteiger charge is -2.48. The number of carboxylic acid groups (broad SMARTS) is 1. The molecule has 214 valence electrons. The van der Waals surface area contributed by atoms with Gasteiger partial charge >= 0.3 is 11.9 Å². The van der Waals surface area contributed by atoms with E-state index in [0.717, 1.165) is 43.5 Å². The van der Waals surface area contributed by atoms with E-state index in [9.17, 15) is 24.9 Å². The molecule has 0 saturated carbocycles. The normalized spacial score (nSPS) is 29.0. The highest BCUT2D eigenvalue weighted by Crippen LogP contribution is 2.59. The molecule has 1 fully saturated rings. The number of methoxy groups -OCH3 is 1. The third kappa shape index (κ3) is 4.56. The first kappa shape index (κ1) is 27.7. The maximum Gasteiger partial charge on any atom is 0.339 e. The van der Waals surface area contributed by atoms with E-state index in [1.54, 1.807) is 13.8 Å². The number of aliphatic carboxylic acids is 1. The molecule has 4 aliphatic rings. The molecular formula is C29H39NO9. The smallest absolute Gasteiger partial charge is 0.339 e. The van der Waals surface area contributed by atoms with Gasteiger partial charge in [-0.3, -0.25) is 9.69 Å². The lowest BCUT2D eigenvalue weighted by molar-refractivity contribution is -0.180. The highest BCUT2D eigenvalue weighted by Gasteiger charge is 2.66. The van der Waals surface area contributed by atoms with E-state index in [2.05, 4.69) is 17.9 Å². The Hall–Kier alpha value is -2.82. The molecule has 1 saturated heterocycles. The average molecular weight is 546 g/mol. The number of fused-ring (bicyclic) bond motifs is 3. The predicted octanol–water partition coefficient (Wildman–Crippen LogP) is 2.67. The molecular weight excluding hydrogens is 506 g/mol. The lowest BCUT2D eigenvalue weighted by atomic mass is 9.65. The Kier molecular flexibility index (Phi) is 6.88. The summed E-state index contributed by atoms with van der Waals surface area (Å²) in [5, 5.41) is 31.0. The summed E-state index contributed by atoms with van der Waals surface area (Å²) in [5.41, 5.74) is -2.58. The van der Waals surface area contributed by atoms with Gasteiger partial charge in [-0.1, -0.05) is 0 Å². The summed E-state index contributed by atoms with van der Waals surface area (Å²) >= 11 is 0. The van der Waals surface area contributed by atoms with Crippen molar-refractivity contribution < 1.29 is 43.9 Å². The van der Waals surface area contributed by atoms with Crippen LogP contribution in [0.25, 0.3) is 0 Å². The first-order valence-electron chi connectivity index (χ1n) is 13.7. The summed E-state index contributed by atoms with van der Waals surface area (Å²) in [5.74, 6) is -0.548. The van der Waals surface area contributed by atoms with Gasteiger partial charge in [0.15, 0.2) is 23.2 Å². The molecule has 5 rings (SSSR count). The van der Waals surface area contributed by atoms with Crippen LogP contribution in [0.1, 0.15) is 70.4 Å². The number of rotatable bonds is 9. The second-order valence-corrected chi connectivity index (χ2v) is 12.1. The minimum absolute atomic E-state index is 0.138. The average Bonchev–Trinajstić information content (AvgIpc) is 3.52. The molecule has 4 atom stereocenters. The Labute approximate surface area is 228 Å². The van der Waals surface area contributed by atoms with Gasteiger partial charge in [0.2, 0.25) is 6.79 Å². The second kappa shape index (κ2) is 9.67. The molecule has 10 nitrogen and oxygen atoms in total. The molecule has 3 aliphatic heterocycles. The van der Waals surface area contributed by atoms with E-state index in [4.69, 9.17) is 18.9 Å². The summed E-state index contributed by atoms with van der Waals surface area (Å²) in [7, 11) is 1.53. The fourth-order valence-corrected chi connectivity index (χ4v) is 7.12. The van der Waals surface area contributed by atoms with Crippen molar-refractivity contribution in [2.75, 3.05) is 27.0 Å². The number of carboxylic acids is 1. The summed E-state index contributed by atoms with van der Waals surface area (Å²) in [4.78, 5) is 27.9. The van der Waals surface area contributed by atoms with Crippen LogP contribution in [0.2, 0.25) is 0 Å². The number of hydrogen-bond donors (Lipinski definition) is 3. The molecule has 1 aromatic carbocycles. The molecule has 0 bridgehead atoms. The van der Waals surface area contributed by atoms with Gasteiger partial charge in [-0.05, 0) is 95.2 Å². The molecule has 1 aromatic rings. The highest BCUT2D eigenvalue weighted by atomic mass is 16.7. The van der Waals surface area contributed by atoms with Crippen LogP contribution < -0.4 is 9.47 Å². The number of carbonyl (C=O) groups excluding carboxylic acids is 1. The molecule has 10 heteroatoms. The minimum Gasteiger partial charge on any atom is -0.497 e. The molecule has 1 spiro atoms. The number of benzene rings is 1. The van der Waals surface area contributed by atoms with Crippen LogP contribution in [0.3, 0.4) is 0 Å². The van der Waals surface area contributed by atoms with E-state index in [1.807, 2.05) is 12.1 Å². The molecule has 0 aromatic heterocycles. The van der Waals surface area contributed by atoms with E-state index >= 15 is 0 Å². The van der Waals surface area contributed by atoms with Crippen molar-refractivity contribution in [2.45, 2.75) is 94.0 Å². The summed E-state index contributed by atoms with van der Waals surface area (Å²) < 4.78 is 23.4. The van der Waals surface area contributed by atoms with Crippen molar-refractivity contribution in [3.63, 3.8) is 0 Å². The Morgan fingerprint density at radius 2 is 1.87 bits per heavy atom. The third-order valence-electron chi connectivity index (χ3n) is 9.09. The Morgan fingerprint density at radius 3 is 2.54 bits per heavy atom. The van der Waals surface area contributed by atoms with Gasteiger partial charge in [0.1, 0.15) is 5.76 Å². The van der Waals surface area contributed by atoms with Crippen LogP contribution in [-0.4, -0.2) is 82.0 Å². The van der Waals surface area contributed by atoms with Crippen LogP contribution in [0.5, 0.6) is 11.5 Å². The van der Waals surface area contributed by atoms with Gasteiger partial charge in [0, 0.05) is 6.54 Å². The first-order valence-corrected chi connectivity index (χ1v) is 13.7. The largest absolute Gasteiger partial charge is 0.497 e. The number of esters is 1. The van der Waals surface area contributed by atoms with Crippen molar-refractivity contribution in [1.82, 2.24) is 4.90 Å². The van der Waals surface area contributed by atoms with E-state index in [-0.39, 0.29) is 26.1 Å². The van der Waals surface area contributed by atoms with Crippen LogP contribution >= 0.6 is 0 Å². The van der Waals surface area contributed by atoms with Crippen LogP contribution in [0.15, 0.2) is 24.0 Å². The zero-order valence-electron chi connectivity index (χ0n) is 23.1. The molecule has 1 aliphatic carbocycles. The standard InChI is InChI=1S/C29H39NO9/c1-26(2,34)8-5-9-28(35,16-23(31)32)25(33)39-24-22(36-4)15-29-10-6-11-30(29)12-7-18-13-20-21(38-17-37-20)14-19(18)27(24,29)3/h13-15,24,34-35H,5-12,16-17H2,1-4H3,(H,31,32)/t24-,27-,28-,29+/m1/s1. The molecule has 0 radical (unpaired) electrons. The lowest BCUT2D eigenvalue weighted by Crippen LogP contribution is -2.59. The molecule has 0 unspecified atom stereocenters. The molecule has 3 heterocycles. The Morgan fingerprint density at radius 1 is 1.15 bits per heavy atom. The van der Waals surface area contributed by atoms with Gasteiger partial charge < -0.3 is 34.3 Å². The topological polar surface area (TPSA) is 135 Å². The van der Waals surface area contributed by atoms with E-state index in [0.29, 0.717) is 17.3 Å². The van der Waals surface area contributed by atoms with Crippen LogP contribution in [0, 0.1) is 0 Å². The van der Waals surface area contributed by atoms with E-state index < -0.39 is 46.6 Å². The van der Waals surface area contributed by atoms with Crippen molar-refractivity contribution in [2.24, 2.45) is 0 Å². The van der Waals surface area contributed by atoms with Crippen molar-refractivity contribution in [1.29, 1.82) is 0 Å². The molecule has 3 N–H and O–H groups in total. The Bertz CT molecular complexity index is 1190. The Balaban J connectivity index is 1.55. The van der Waals surface area contributed by atoms with Crippen molar-refractivity contribution >= 4 is 11.9 Å². The summed E-state index contributed by atoms with van der Waals surface area (Å²) in [6.07, 6.45) is 3.26. The highest BCUT2D eigenvalue weighted by molar-refractivity contribution is 5.85. The quantitative estimate of drug-likeness (QED) is 0.398. The third-order valence-corrected chi connectivity index (χ3v) is 9.09. The maximum atomic E-state index is 13.7. The predicted molar refractivity (Wildman–Crippen MR) is 139 cm³/mol. The summed E-state index contributed by atoms with van der Waals surface area (Å²) in [6.45, 7) is 7.12. The van der Waals surface area contributed by atoms with Gasteiger partial charge in [-0.15, -0.1) is 0 Å². The first-order chi connectivity index (χ1) is 18.3. The molecule has 39 heavy (non-hydrogen) atoms. The van der Waals surface area contributed by atoms with Gasteiger partial charge in [0.25, 0.3) is 0 Å². The fraction of sp³-hybridized carbons (Fsp3) is 0.655. The van der Waals surface area contributed by atoms with E-state index in [1.165, 1.54) is 7.11 Å². The number of hydrogen-bond acceptors (Lipinski definition) is 9. The maximum absolute atomic E-state index is 13.7. The monoisotopic (exact) mass is 545 g/mol. The van der Waals surface area contributed by atoms with Gasteiger partial charge in [0.05, 0.1) is 30.1 Å². The fourth-order valence-electron chi connectivity index (χ4n) is 7.12. The molecule has 0 amide bonds. The minimum atomic E-state index is -2.26. The van der Waals surface area contributed by atoms with Crippen LogP contribution in [-0.2, 0) is 30.9 Å². The number of nitrogens with zero attached hydrogens (tertiary/aromatic N) is 1. The number of ether oxygens (including phenoxy) is 4. The number of aliphatic hydroxyl groups is 2. The van der Waals surface area contributed by atoms with Crippen molar-refractivity contribution in [3.05, 3.63) is 35.1 Å². The van der Waals surface area contributed by atoms with Crippen molar-refractivity contribution in [3.8, 4) is 11.5 Å². The zero-order chi connectivity index (χ0) is 28.2. The number of carbonyl (C=O) groups is 2.